The van der Waals surface area contributed by atoms with Crippen LogP contribution < -0.4 is 0 Å². The molecule has 12 heteroatoms. The second-order valence-electron chi connectivity index (χ2n) is 20.6. The molecule has 0 aliphatic carbocycles. The summed E-state index contributed by atoms with van der Waals surface area (Å²) in [4.78, 5) is 51.2. The Kier molecular flexibility index (Phi) is 48.4. The Morgan fingerprint density at radius 2 is 0.818 bits per heavy atom. The van der Waals surface area contributed by atoms with Crippen molar-refractivity contribution >= 4 is 23.9 Å². The molecule has 0 bridgehead atoms. The molecule has 0 spiro atoms. The zero-order valence-corrected chi connectivity index (χ0v) is 48.4. The summed E-state index contributed by atoms with van der Waals surface area (Å²) in [7, 11) is 0. The van der Waals surface area contributed by atoms with Gasteiger partial charge in [-0.15, -0.1) is 0 Å². The Labute approximate surface area is 467 Å². The molecule has 12 nitrogen and oxygen atoms in total. The lowest BCUT2D eigenvalue weighted by Gasteiger charge is -2.40. The molecule has 3 N–H and O–H groups in total. The number of carboxylic acid groups (broad SMARTS) is 1. The van der Waals surface area contributed by atoms with E-state index in [9.17, 15) is 34.5 Å². The van der Waals surface area contributed by atoms with Gasteiger partial charge in [0.2, 0.25) is 0 Å². The standard InChI is InChI=1S/C65H108O12/c1-4-7-10-13-16-19-22-25-28-29-32-35-38-41-44-47-50-53-59(68)76-63-61(70)60(69)62(64(71)72)77-65(63)74-55-56(75-58(67)52-49-46-43-40-37-34-31-27-24-21-18-15-12-9-6-3)54-73-57(66)51-48-45-42-39-36-33-30-26-23-20-17-14-11-8-5-2/h8,11,17-18,20-21,25-28,30-31,36,39,56,60-63,65,69-70H,4-7,9-10,12-16,19,22-24,29,32-35,37-38,40-55H2,1-3H3,(H,71,72)/b11-8-,20-17-,21-18-,28-25-,30-26-,31-27-,39-36-. The largest absolute Gasteiger partial charge is 0.479 e. The molecule has 0 aromatic rings. The molecule has 1 heterocycles. The number of aliphatic hydroxyl groups is 2. The van der Waals surface area contributed by atoms with E-state index in [4.69, 9.17) is 23.7 Å². The summed E-state index contributed by atoms with van der Waals surface area (Å²) in [5.41, 5.74) is 0. The maximum absolute atomic E-state index is 13.2. The lowest BCUT2D eigenvalue weighted by molar-refractivity contribution is -0.301. The van der Waals surface area contributed by atoms with Crippen molar-refractivity contribution in [3.05, 3.63) is 85.1 Å². The van der Waals surface area contributed by atoms with Crippen LogP contribution in [0.25, 0.3) is 0 Å². The van der Waals surface area contributed by atoms with Crippen LogP contribution in [-0.4, -0.2) is 89.2 Å². The fourth-order valence-electron chi connectivity index (χ4n) is 8.74. The van der Waals surface area contributed by atoms with Gasteiger partial charge in [-0.1, -0.05) is 202 Å². The van der Waals surface area contributed by atoms with Gasteiger partial charge in [-0.2, -0.15) is 0 Å². The summed E-state index contributed by atoms with van der Waals surface area (Å²) in [6.45, 7) is 5.81. The first-order chi connectivity index (χ1) is 37.6. The van der Waals surface area contributed by atoms with Gasteiger partial charge in [-0.25, -0.2) is 4.79 Å². The minimum atomic E-state index is -1.91. The molecule has 440 valence electrons. The van der Waals surface area contributed by atoms with E-state index in [0.29, 0.717) is 19.3 Å². The lowest BCUT2D eigenvalue weighted by atomic mass is 9.98. The van der Waals surface area contributed by atoms with Gasteiger partial charge in [0.1, 0.15) is 18.8 Å². The van der Waals surface area contributed by atoms with Crippen LogP contribution in [0.15, 0.2) is 85.1 Å². The van der Waals surface area contributed by atoms with Crippen molar-refractivity contribution in [3.8, 4) is 0 Å². The second kappa shape index (κ2) is 52.6. The Morgan fingerprint density at radius 1 is 0.442 bits per heavy atom. The van der Waals surface area contributed by atoms with Crippen molar-refractivity contribution in [1.82, 2.24) is 0 Å². The number of ether oxygens (including phenoxy) is 5. The molecule has 0 saturated carbocycles. The number of rotatable bonds is 51. The fraction of sp³-hybridized carbons (Fsp3) is 0.723. The maximum Gasteiger partial charge on any atom is 0.335 e. The molecule has 1 rings (SSSR count). The van der Waals surface area contributed by atoms with Crippen LogP contribution in [0.4, 0.5) is 0 Å². The number of aliphatic hydroxyl groups excluding tert-OH is 2. The molecular weight excluding hydrogens is 973 g/mol. The van der Waals surface area contributed by atoms with Crippen LogP contribution in [-0.2, 0) is 42.9 Å². The van der Waals surface area contributed by atoms with Gasteiger partial charge >= 0.3 is 23.9 Å². The first-order valence-corrected chi connectivity index (χ1v) is 30.6. The highest BCUT2D eigenvalue weighted by Crippen LogP contribution is 2.26. The smallest absolute Gasteiger partial charge is 0.335 e. The van der Waals surface area contributed by atoms with E-state index < -0.39 is 67.3 Å². The van der Waals surface area contributed by atoms with Crippen molar-refractivity contribution in [2.75, 3.05) is 13.2 Å². The molecule has 1 fully saturated rings. The van der Waals surface area contributed by atoms with E-state index in [2.05, 4.69) is 106 Å². The third-order valence-corrected chi connectivity index (χ3v) is 13.4. The zero-order chi connectivity index (χ0) is 56.1. The minimum Gasteiger partial charge on any atom is -0.479 e. The second-order valence-corrected chi connectivity index (χ2v) is 20.6. The first-order valence-electron chi connectivity index (χ1n) is 30.6. The van der Waals surface area contributed by atoms with E-state index in [1.165, 1.54) is 70.6 Å². The summed E-state index contributed by atoms with van der Waals surface area (Å²) in [5, 5.41) is 31.5. The fourth-order valence-corrected chi connectivity index (χ4v) is 8.74. The van der Waals surface area contributed by atoms with Crippen molar-refractivity contribution in [2.24, 2.45) is 0 Å². The van der Waals surface area contributed by atoms with Crippen molar-refractivity contribution in [2.45, 2.75) is 289 Å². The minimum absolute atomic E-state index is 0.0472. The van der Waals surface area contributed by atoms with Gasteiger partial charge in [0.15, 0.2) is 24.6 Å². The number of carbonyl (C=O) groups is 4. The van der Waals surface area contributed by atoms with E-state index in [-0.39, 0.29) is 25.9 Å². The normalized spacial score (nSPS) is 18.6. The Hall–Kier alpha value is -4.10. The Balaban J connectivity index is 2.72. The zero-order valence-electron chi connectivity index (χ0n) is 48.4. The average molecular weight is 1080 g/mol. The summed E-state index contributed by atoms with van der Waals surface area (Å²) < 4.78 is 28.4. The predicted octanol–water partition coefficient (Wildman–Crippen LogP) is 15.9. The SMILES string of the molecule is CC/C=C\C/C=C\C/C=C\C/C=C\CCCCC(=O)OCC(COC1OC(C(=O)O)C(O)C(O)C1OC(=O)CCCCCCCCC/C=C\CCCCCCCC)OC(=O)CCCCCCC/C=C\C/C=C\CCCCC. The van der Waals surface area contributed by atoms with Crippen LogP contribution in [0.3, 0.4) is 0 Å². The molecule has 6 unspecified atom stereocenters. The Morgan fingerprint density at radius 3 is 1.31 bits per heavy atom. The van der Waals surface area contributed by atoms with Crippen LogP contribution in [0, 0.1) is 0 Å². The van der Waals surface area contributed by atoms with Gasteiger partial charge in [-0.3, -0.25) is 14.4 Å². The molecule has 0 amide bonds. The summed E-state index contributed by atoms with van der Waals surface area (Å²) in [5.74, 6) is -3.20. The van der Waals surface area contributed by atoms with Crippen molar-refractivity contribution < 1.29 is 58.2 Å². The topological polar surface area (TPSA) is 175 Å². The summed E-state index contributed by atoms with van der Waals surface area (Å²) >= 11 is 0. The van der Waals surface area contributed by atoms with E-state index >= 15 is 0 Å². The number of esters is 3. The van der Waals surface area contributed by atoms with Crippen molar-refractivity contribution in [3.63, 3.8) is 0 Å². The first kappa shape index (κ1) is 70.9. The number of hydrogen-bond donors (Lipinski definition) is 3. The maximum atomic E-state index is 13.2. The van der Waals surface area contributed by atoms with E-state index in [1.54, 1.807) is 0 Å². The number of aliphatic carboxylic acids is 1. The average Bonchev–Trinajstić information content (AvgIpc) is 3.42. The number of unbranched alkanes of at least 4 members (excludes halogenated alkanes) is 23. The molecule has 1 aliphatic rings. The molecule has 1 aliphatic heterocycles. The molecule has 0 aromatic heterocycles. The number of carbonyl (C=O) groups excluding carboxylic acids is 3. The van der Waals surface area contributed by atoms with Crippen LogP contribution in [0.1, 0.15) is 252 Å². The molecule has 77 heavy (non-hydrogen) atoms. The molecule has 0 aromatic carbocycles. The lowest BCUT2D eigenvalue weighted by Crippen LogP contribution is -2.61. The highest BCUT2D eigenvalue weighted by molar-refractivity contribution is 5.74. The molecule has 1 saturated heterocycles. The van der Waals surface area contributed by atoms with Crippen LogP contribution in [0.2, 0.25) is 0 Å². The summed E-state index contributed by atoms with van der Waals surface area (Å²) in [6, 6.07) is 0. The van der Waals surface area contributed by atoms with E-state index in [0.717, 1.165) is 122 Å². The number of hydrogen-bond acceptors (Lipinski definition) is 11. The summed E-state index contributed by atoms with van der Waals surface area (Å²) in [6.07, 6.45) is 55.5. The molecule has 6 atom stereocenters. The van der Waals surface area contributed by atoms with Crippen LogP contribution in [0.5, 0.6) is 0 Å². The molecule has 0 radical (unpaired) electrons. The highest BCUT2D eigenvalue weighted by Gasteiger charge is 2.50. The van der Waals surface area contributed by atoms with Gasteiger partial charge in [0, 0.05) is 19.3 Å². The van der Waals surface area contributed by atoms with Crippen LogP contribution >= 0.6 is 0 Å². The third kappa shape index (κ3) is 42.5. The van der Waals surface area contributed by atoms with Gasteiger partial charge < -0.3 is 39.0 Å². The quantitative estimate of drug-likeness (QED) is 0.0228. The molecular formula is C65H108O12. The Bertz CT molecular complexity index is 1660. The van der Waals surface area contributed by atoms with Crippen molar-refractivity contribution in [1.29, 1.82) is 0 Å². The van der Waals surface area contributed by atoms with Gasteiger partial charge in [0.25, 0.3) is 0 Å². The predicted molar refractivity (Wildman–Crippen MR) is 312 cm³/mol. The third-order valence-electron chi connectivity index (χ3n) is 13.4. The van der Waals surface area contributed by atoms with Gasteiger partial charge in [-0.05, 0) is 116 Å². The van der Waals surface area contributed by atoms with E-state index in [1.807, 2.05) is 0 Å². The monoisotopic (exact) mass is 1080 g/mol. The number of carboxylic acids is 1. The van der Waals surface area contributed by atoms with Gasteiger partial charge in [0.05, 0.1) is 6.61 Å². The number of allylic oxidation sites excluding steroid dienone is 14. The highest BCUT2D eigenvalue weighted by atomic mass is 16.7.